The van der Waals surface area contributed by atoms with Crippen LogP contribution in [0, 0.1) is 22.7 Å². The highest BCUT2D eigenvalue weighted by Crippen LogP contribution is 2.73. The van der Waals surface area contributed by atoms with E-state index in [0.717, 1.165) is 18.4 Å². The molecule has 3 aliphatic carbocycles. The second kappa shape index (κ2) is 1.82. The van der Waals surface area contributed by atoms with Gasteiger partial charge in [0.25, 0.3) is 0 Å². The first-order chi connectivity index (χ1) is 5.04. The molecule has 0 radical (unpaired) electrons. The van der Waals surface area contributed by atoms with Crippen molar-refractivity contribution in [2.24, 2.45) is 28.4 Å². The topological polar surface area (TPSA) is 26.0 Å². The van der Waals surface area contributed by atoms with Gasteiger partial charge < -0.3 is 5.73 Å². The van der Waals surface area contributed by atoms with Crippen LogP contribution in [0.2, 0.25) is 0 Å². The van der Waals surface area contributed by atoms with Crippen molar-refractivity contribution < 1.29 is 0 Å². The summed E-state index contributed by atoms with van der Waals surface area (Å²) in [5.41, 5.74) is 6.92. The number of nitrogens with two attached hydrogens (primary N) is 1. The molecule has 0 spiro atoms. The second-order valence-electron chi connectivity index (χ2n) is 5.13. The van der Waals surface area contributed by atoms with E-state index in [2.05, 4.69) is 20.8 Å². The van der Waals surface area contributed by atoms with Crippen LogP contribution in [0.5, 0.6) is 0 Å². The van der Waals surface area contributed by atoms with Gasteiger partial charge in [-0.25, -0.2) is 0 Å². The van der Waals surface area contributed by atoms with E-state index < -0.39 is 0 Å². The van der Waals surface area contributed by atoms with Gasteiger partial charge in [0.05, 0.1) is 0 Å². The maximum absolute atomic E-state index is 5.76. The molecule has 0 saturated heterocycles. The lowest BCUT2D eigenvalue weighted by molar-refractivity contribution is -0.112. The largest absolute Gasteiger partial charge is 0.330 e. The predicted molar refractivity (Wildman–Crippen MR) is 47.2 cm³/mol. The maximum atomic E-state index is 5.76. The summed E-state index contributed by atoms with van der Waals surface area (Å²) in [6, 6.07) is 0. The van der Waals surface area contributed by atoms with Gasteiger partial charge in [-0.3, -0.25) is 0 Å². The van der Waals surface area contributed by atoms with E-state index in [0.29, 0.717) is 10.8 Å². The molecule has 1 nitrogen and oxygen atoms in total. The molecule has 1 heteroatoms. The molecule has 0 aromatic heterocycles. The van der Waals surface area contributed by atoms with E-state index in [1.165, 1.54) is 12.8 Å². The highest BCUT2D eigenvalue weighted by atomic mass is 14.8. The Morgan fingerprint density at radius 2 is 2.00 bits per heavy atom. The van der Waals surface area contributed by atoms with E-state index in [1.807, 2.05) is 0 Å². The maximum Gasteiger partial charge on any atom is -0.00406 e. The fraction of sp³-hybridized carbons (Fsp3) is 1.00. The van der Waals surface area contributed by atoms with Crippen molar-refractivity contribution in [1.29, 1.82) is 0 Å². The van der Waals surface area contributed by atoms with Gasteiger partial charge in [0.15, 0.2) is 0 Å². The van der Waals surface area contributed by atoms with Crippen LogP contribution in [0.4, 0.5) is 0 Å². The minimum absolute atomic E-state index is 0.576. The molecule has 0 aromatic rings. The number of hydrogen-bond acceptors (Lipinski definition) is 1. The zero-order valence-electron chi connectivity index (χ0n) is 7.85. The summed E-state index contributed by atoms with van der Waals surface area (Å²) >= 11 is 0. The molecule has 64 valence electrons. The minimum atomic E-state index is 0.576. The Labute approximate surface area is 69.4 Å². The van der Waals surface area contributed by atoms with Gasteiger partial charge in [0, 0.05) is 0 Å². The molecule has 3 aliphatic rings. The average molecular weight is 153 g/mol. The van der Waals surface area contributed by atoms with E-state index in [4.69, 9.17) is 5.73 Å². The minimum Gasteiger partial charge on any atom is -0.330 e. The van der Waals surface area contributed by atoms with Gasteiger partial charge in [0.1, 0.15) is 0 Å². The predicted octanol–water partition coefficient (Wildman–Crippen LogP) is 2.02. The van der Waals surface area contributed by atoms with Crippen molar-refractivity contribution in [1.82, 2.24) is 0 Å². The Hall–Kier alpha value is -0.0400. The molecule has 11 heavy (non-hydrogen) atoms. The molecular weight excluding hydrogens is 134 g/mol. The summed E-state index contributed by atoms with van der Waals surface area (Å²) in [6.45, 7) is 8.16. The third-order valence-electron chi connectivity index (χ3n) is 4.93. The number of hydrogen-bond donors (Lipinski definition) is 1. The fourth-order valence-electron chi connectivity index (χ4n) is 3.70. The molecular formula is C10H19N. The van der Waals surface area contributed by atoms with E-state index in [9.17, 15) is 0 Å². The summed E-state index contributed by atoms with van der Waals surface area (Å²) in [4.78, 5) is 0. The van der Waals surface area contributed by atoms with Gasteiger partial charge in [-0.15, -0.1) is 0 Å². The van der Waals surface area contributed by atoms with Crippen LogP contribution < -0.4 is 5.73 Å². The Morgan fingerprint density at radius 1 is 1.36 bits per heavy atom. The lowest BCUT2D eigenvalue weighted by Gasteiger charge is -2.60. The molecule has 3 rings (SSSR count). The Kier molecular flexibility index (Phi) is 1.26. The molecule has 0 aromatic carbocycles. The van der Waals surface area contributed by atoms with Crippen LogP contribution >= 0.6 is 0 Å². The van der Waals surface area contributed by atoms with E-state index >= 15 is 0 Å². The molecule has 2 bridgehead atoms. The standard InChI is InChI=1S/C10H19N/c1-9(2)7-4-5-10(9,3)8(7)6-11/h7-8H,4-6,11H2,1-3H3/t7-,8+,10+/m0/s1. The smallest absolute Gasteiger partial charge is 0.00406 e. The normalized spacial score (nSPS) is 52.4. The average Bonchev–Trinajstić information content (AvgIpc) is 2.38. The molecule has 2 N–H and O–H groups in total. The summed E-state index contributed by atoms with van der Waals surface area (Å²) < 4.78 is 0. The summed E-state index contributed by atoms with van der Waals surface area (Å²) in [7, 11) is 0. The summed E-state index contributed by atoms with van der Waals surface area (Å²) in [5.74, 6) is 1.76. The quantitative estimate of drug-likeness (QED) is 0.612. The monoisotopic (exact) mass is 153 g/mol. The molecule has 3 saturated carbocycles. The van der Waals surface area contributed by atoms with Crippen molar-refractivity contribution in [2.75, 3.05) is 6.54 Å². The Balaban J connectivity index is 2.28. The zero-order chi connectivity index (χ0) is 8.28. The van der Waals surface area contributed by atoms with Crippen LogP contribution in [0.15, 0.2) is 0 Å². The van der Waals surface area contributed by atoms with Gasteiger partial charge >= 0.3 is 0 Å². The van der Waals surface area contributed by atoms with Crippen LogP contribution in [-0.4, -0.2) is 6.54 Å². The van der Waals surface area contributed by atoms with Crippen molar-refractivity contribution in [3.63, 3.8) is 0 Å². The van der Waals surface area contributed by atoms with E-state index in [-0.39, 0.29) is 0 Å². The first kappa shape index (κ1) is 7.60. The molecule has 0 amide bonds. The molecule has 0 unspecified atom stereocenters. The molecule has 0 heterocycles. The highest BCUT2D eigenvalue weighted by Gasteiger charge is 2.67. The van der Waals surface area contributed by atoms with Gasteiger partial charge in [0.2, 0.25) is 0 Å². The van der Waals surface area contributed by atoms with Crippen molar-refractivity contribution in [3.05, 3.63) is 0 Å². The number of fused-ring (bicyclic) bond motifs is 1. The number of rotatable bonds is 1. The third kappa shape index (κ3) is 0.581. The van der Waals surface area contributed by atoms with Crippen LogP contribution in [0.3, 0.4) is 0 Å². The lowest BCUT2D eigenvalue weighted by Crippen LogP contribution is -2.57. The highest BCUT2D eigenvalue weighted by molar-refractivity contribution is 5.16. The zero-order valence-corrected chi connectivity index (χ0v) is 7.85. The third-order valence-corrected chi connectivity index (χ3v) is 4.93. The van der Waals surface area contributed by atoms with E-state index in [1.54, 1.807) is 0 Å². The molecule has 3 atom stereocenters. The Morgan fingerprint density at radius 3 is 2.18 bits per heavy atom. The van der Waals surface area contributed by atoms with Crippen LogP contribution in [0.25, 0.3) is 0 Å². The summed E-state index contributed by atoms with van der Waals surface area (Å²) in [6.07, 6.45) is 2.83. The van der Waals surface area contributed by atoms with Gasteiger partial charge in [-0.2, -0.15) is 0 Å². The van der Waals surface area contributed by atoms with Crippen molar-refractivity contribution in [2.45, 2.75) is 33.6 Å². The van der Waals surface area contributed by atoms with Gasteiger partial charge in [-0.05, 0) is 42.1 Å². The SMILES string of the molecule is CC1(C)[C@H]2CC[C@]1(C)[C@@H]2CN. The lowest BCUT2D eigenvalue weighted by atomic mass is 9.45. The van der Waals surface area contributed by atoms with Crippen LogP contribution in [0.1, 0.15) is 33.6 Å². The summed E-state index contributed by atoms with van der Waals surface area (Å²) in [5, 5.41) is 0. The van der Waals surface area contributed by atoms with Crippen molar-refractivity contribution >= 4 is 0 Å². The van der Waals surface area contributed by atoms with Crippen molar-refractivity contribution in [3.8, 4) is 0 Å². The first-order valence-corrected chi connectivity index (χ1v) is 4.74. The second-order valence-corrected chi connectivity index (χ2v) is 5.13. The van der Waals surface area contributed by atoms with Crippen LogP contribution in [-0.2, 0) is 0 Å². The van der Waals surface area contributed by atoms with Gasteiger partial charge in [-0.1, -0.05) is 20.8 Å². The Bertz CT molecular complexity index is 185. The first-order valence-electron chi connectivity index (χ1n) is 4.74. The molecule has 3 fully saturated rings. The molecule has 0 aliphatic heterocycles. The fourth-order valence-corrected chi connectivity index (χ4v) is 3.70.